The number of fused-ring (bicyclic) bond motifs is 1. The van der Waals surface area contributed by atoms with Gasteiger partial charge in [-0.15, -0.1) is 0 Å². The fourth-order valence-corrected chi connectivity index (χ4v) is 4.47. The van der Waals surface area contributed by atoms with Crippen molar-refractivity contribution in [2.45, 2.75) is 19.8 Å². The van der Waals surface area contributed by atoms with Crippen LogP contribution in [0.1, 0.15) is 23.1 Å². The number of rotatable bonds is 4. The number of aryl methyl sites for hydroxylation is 2. The number of para-hydroxylation sites is 1. The monoisotopic (exact) mass is 439 g/mol. The maximum atomic E-state index is 13.8. The second-order valence-electron chi connectivity index (χ2n) is 8.19. The molecular formula is C26H21N3O4. The van der Waals surface area contributed by atoms with E-state index in [1.807, 2.05) is 48.2 Å². The topological polar surface area (TPSA) is 83.8 Å². The summed E-state index contributed by atoms with van der Waals surface area (Å²) in [6.07, 6.45) is 1.75. The predicted octanol–water partition coefficient (Wildman–Crippen LogP) is 4.64. The molecule has 0 saturated heterocycles. The second-order valence-corrected chi connectivity index (χ2v) is 8.19. The average Bonchev–Trinajstić information content (AvgIpc) is 3.09. The molecule has 0 bridgehead atoms. The fourth-order valence-electron chi connectivity index (χ4n) is 4.47. The molecule has 2 amide bonds. The number of nitrogens with zero attached hydrogens (tertiary/aromatic N) is 3. The van der Waals surface area contributed by atoms with Crippen LogP contribution in [-0.2, 0) is 16.0 Å². The Balaban J connectivity index is 1.68. The molecule has 0 aromatic heterocycles. The lowest BCUT2D eigenvalue weighted by molar-refractivity contribution is -0.384. The molecule has 164 valence electrons. The molecule has 0 N–H and O–H groups in total. The molecule has 3 aromatic rings. The fraction of sp³-hybridized carbons (Fsp3) is 0.154. The Kier molecular flexibility index (Phi) is 5.01. The van der Waals surface area contributed by atoms with E-state index in [2.05, 4.69) is 0 Å². The molecule has 2 aliphatic heterocycles. The van der Waals surface area contributed by atoms with Crippen LogP contribution in [0.3, 0.4) is 0 Å². The van der Waals surface area contributed by atoms with Gasteiger partial charge in [0.25, 0.3) is 17.5 Å². The molecule has 2 heterocycles. The summed E-state index contributed by atoms with van der Waals surface area (Å²) in [6, 6.07) is 20.9. The predicted molar refractivity (Wildman–Crippen MR) is 126 cm³/mol. The van der Waals surface area contributed by atoms with Crippen molar-refractivity contribution < 1.29 is 14.5 Å². The molecule has 7 nitrogen and oxygen atoms in total. The summed E-state index contributed by atoms with van der Waals surface area (Å²) in [5.41, 5.74) is 4.51. The van der Waals surface area contributed by atoms with Gasteiger partial charge in [-0.1, -0.05) is 35.9 Å². The third kappa shape index (κ3) is 3.47. The Morgan fingerprint density at radius 3 is 2.27 bits per heavy atom. The van der Waals surface area contributed by atoms with Crippen LogP contribution in [0, 0.1) is 17.0 Å². The van der Waals surface area contributed by atoms with Crippen LogP contribution in [0.4, 0.5) is 17.1 Å². The summed E-state index contributed by atoms with van der Waals surface area (Å²) in [5, 5.41) is 11.1. The first kappa shape index (κ1) is 20.6. The van der Waals surface area contributed by atoms with E-state index >= 15 is 0 Å². The lowest BCUT2D eigenvalue weighted by atomic mass is 9.98. The molecular weight excluding hydrogens is 418 g/mol. The minimum Gasteiger partial charge on any atom is -0.336 e. The zero-order valence-electron chi connectivity index (χ0n) is 18.0. The number of carbonyl (C=O) groups is 2. The molecule has 0 spiro atoms. The van der Waals surface area contributed by atoms with Gasteiger partial charge in [0.2, 0.25) is 0 Å². The van der Waals surface area contributed by atoms with Gasteiger partial charge in [-0.05, 0) is 61.2 Å². The van der Waals surface area contributed by atoms with Crippen molar-refractivity contribution in [2.24, 2.45) is 0 Å². The molecule has 2 aliphatic rings. The number of amides is 2. The lowest BCUT2D eigenvalue weighted by Gasteiger charge is -2.32. The molecule has 7 heteroatoms. The Hall–Kier alpha value is -4.26. The lowest BCUT2D eigenvalue weighted by Crippen LogP contribution is -2.37. The number of non-ortho nitro benzene ring substituents is 1. The van der Waals surface area contributed by atoms with Gasteiger partial charge in [0, 0.05) is 24.4 Å². The standard InChI is InChI=1S/C26H21N3O4/c1-17-8-12-20(13-9-17)28-25(30)23(19-10-14-21(15-11-19)29(32)33)24(26(28)31)27-16-4-6-18-5-2-3-7-22(18)27/h2-3,5,7-15H,4,6,16H2,1H3. The van der Waals surface area contributed by atoms with Crippen LogP contribution < -0.4 is 9.80 Å². The van der Waals surface area contributed by atoms with Gasteiger partial charge < -0.3 is 4.90 Å². The van der Waals surface area contributed by atoms with Crippen molar-refractivity contribution in [3.05, 3.63) is 105 Å². The number of anilines is 2. The molecule has 3 aromatic carbocycles. The van der Waals surface area contributed by atoms with Crippen molar-refractivity contribution in [2.75, 3.05) is 16.3 Å². The molecule has 0 fully saturated rings. The van der Waals surface area contributed by atoms with Crippen LogP contribution in [-0.4, -0.2) is 23.3 Å². The largest absolute Gasteiger partial charge is 0.336 e. The van der Waals surface area contributed by atoms with Gasteiger partial charge in [-0.25, -0.2) is 4.90 Å². The van der Waals surface area contributed by atoms with Gasteiger partial charge in [-0.3, -0.25) is 19.7 Å². The first-order chi connectivity index (χ1) is 16.0. The number of benzene rings is 3. The van der Waals surface area contributed by atoms with E-state index in [0.717, 1.165) is 29.7 Å². The first-order valence-electron chi connectivity index (χ1n) is 10.8. The number of nitro benzene ring substituents is 1. The van der Waals surface area contributed by atoms with E-state index in [1.54, 1.807) is 12.1 Å². The number of hydrogen-bond acceptors (Lipinski definition) is 5. The third-order valence-corrected chi connectivity index (χ3v) is 6.10. The highest BCUT2D eigenvalue weighted by molar-refractivity contribution is 6.46. The van der Waals surface area contributed by atoms with Gasteiger partial charge in [-0.2, -0.15) is 0 Å². The Morgan fingerprint density at radius 2 is 1.58 bits per heavy atom. The van der Waals surface area contributed by atoms with Crippen LogP contribution in [0.2, 0.25) is 0 Å². The summed E-state index contributed by atoms with van der Waals surface area (Å²) >= 11 is 0. The maximum absolute atomic E-state index is 13.8. The first-order valence-corrected chi connectivity index (χ1v) is 10.8. The summed E-state index contributed by atoms with van der Waals surface area (Å²) < 4.78 is 0. The van der Waals surface area contributed by atoms with Crippen molar-refractivity contribution >= 4 is 34.4 Å². The van der Waals surface area contributed by atoms with E-state index in [4.69, 9.17) is 0 Å². The summed E-state index contributed by atoms with van der Waals surface area (Å²) in [4.78, 5) is 41.2. The molecule has 5 rings (SSSR count). The SMILES string of the molecule is Cc1ccc(N2C(=O)C(c3ccc([N+](=O)[O-])cc3)=C(N3CCCc4ccccc43)C2=O)cc1. The van der Waals surface area contributed by atoms with E-state index in [-0.39, 0.29) is 11.3 Å². The summed E-state index contributed by atoms with van der Waals surface area (Å²) in [5.74, 6) is -0.829. The quantitative estimate of drug-likeness (QED) is 0.336. The molecule has 0 atom stereocenters. The molecule has 0 saturated carbocycles. The van der Waals surface area contributed by atoms with Gasteiger partial charge in [0.15, 0.2) is 0 Å². The van der Waals surface area contributed by atoms with Gasteiger partial charge in [0.1, 0.15) is 5.70 Å². The number of nitro groups is 1. The second kappa shape index (κ2) is 8.02. The summed E-state index contributed by atoms with van der Waals surface area (Å²) in [6.45, 7) is 2.54. The van der Waals surface area contributed by atoms with Crippen molar-refractivity contribution in [1.29, 1.82) is 0 Å². The Bertz CT molecular complexity index is 1310. The van der Waals surface area contributed by atoms with Crippen LogP contribution in [0.25, 0.3) is 5.57 Å². The number of hydrogen-bond donors (Lipinski definition) is 0. The molecule has 0 unspecified atom stereocenters. The Labute approximate surface area is 190 Å². The highest BCUT2D eigenvalue weighted by Gasteiger charge is 2.43. The minimum atomic E-state index is -0.486. The Morgan fingerprint density at radius 1 is 0.879 bits per heavy atom. The maximum Gasteiger partial charge on any atom is 0.282 e. The van der Waals surface area contributed by atoms with E-state index in [1.165, 1.54) is 29.2 Å². The normalized spacial score (nSPS) is 15.8. The van der Waals surface area contributed by atoms with E-state index in [0.29, 0.717) is 23.5 Å². The van der Waals surface area contributed by atoms with Crippen molar-refractivity contribution in [3.8, 4) is 0 Å². The van der Waals surface area contributed by atoms with Gasteiger partial charge in [0.05, 0.1) is 16.2 Å². The molecule has 0 aliphatic carbocycles. The smallest absolute Gasteiger partial charge is 0.282 e. The minimum absolute atomic E-state index is 0.0728. The number of carbonyl (C=O) groups excluding carboxylic acids is 2. The highest BCUT2D eigenvalue weighted by atomic mass is 16.6. The molecule has 33 heavy (non-hydrogen) atoms. The highest BCUT2D eigenvalue weighted by Crippen LogP contribution is 2.39. The molecule has 0 radical (unpaired) electrons. The number of imide groups is 1. The average molecular weight is 439 g/mol. The van der Waals surface area contributed by atoms with Crippen LogP contribution >= 0.6 is 0 Å². The van der Waals surface area contributed by atoms with Crippen LogP contribution in [0.15, 0.2) is 78.5 Å². The zero-order chi connectivity index (χ0) is 23.1. The van der Waals surface area contributed by atoms with Crippen molar-refractivity contribution in [3.63, 3.8) is 0 Å². The van der Waals surface area contributed by atoms with E-state index < -0.39 is 16.7 Å². The van der Waals surface area contributed by atoms with E-state index in [9.17, 15) is 19.7 Å². The van der Waals surface area contributed by atoms with Crippen LogP contribution in [0.5, 0.6) is 0 Å². The third-order valence-electron chi connectivity index (χ3n) is 6.10. The van der Waals surface area contributed by atoms with Crippen molar-refractivity contribution in [1.82, 2.24) is 0 Å². The summed E-state index contributed by atoms with van der Waals surface area (Å²) in [7, 11) is 0. The zero-order valence-corrected chi connectivity index (χ0v) is 18.0. The van der Waals surface area contributed by atoms with Gasteiger partial charge >= 0.3 is 0 Å².